The Morgan fingerprint density at radius 2 is 1.49 bits per heavy atom. The maximum atomic E-state index is 12.7. The molecule has 0 spiro atoms. The number of anilines is 1. The molecule has 3 rings (SSSR count). The summed E-state index contributed by atoms with van der Waals surface area (Å²) in [6, 6.07) is 16.1. The van der Waals surface area contributed by atoms with Crippen LogP contribution in [-0.4, -0.2) is 23.3 Å². The number of carbonyl (C=O) groups excluding carboxylic acids is 1. The van der Waals surface area contributed by atoms with Crippen molar-refractivity contribution in [3.63, 3.8) is 0 Å². The van der Waals surface area contributed by atoms with E-state index in [1.807, 2.05) is 48.2 Å². The summed E-state index contributed by atoms with van der Waals surface area (Å²) in [5.41, 5.74) is 4.33. The van der Waals surface area contributed by atoms with Crippen LogP contribution in [0.5, 0.6) is 5.75 Å². The Morgan fingerprint density at radius 1 is 0.872 bits per heavy atom. The summed E-state index contributed by atoms with van der Waals surface area (Å²) in [6.45, 7) is 6.03. The molecule has 0 radical (unpaired) electrons. The van der Waals surface area contributed by atoms with E-state index in [9.17, 15) is 4.79 Å². The smallest absolute Gasteiger partial charge is 0.228 e. The summed E-state index contributed by atoms with van der Waals surface area (Å²) in [4.78, 5) is 15.1. The summed E-state index contributed by atoms with van der Waals surface area (Å²) in [7, 11) is 0. The van der Waals surface area contributed by atoms with Crippen LogP contribution in [0.25, 0.3) is 0 Å². The van der Waals surface area contributed by atoms with E-state index in [0.717, 1.165) is 35.8 Å². The Hall–Kier alpha value is -1.92. The molecule has 216 valence electrons. The molecule has 0 fully saturated rings. The highest BCUT2D eigenvalue weighted by atomic mass is 79.9. The molecular formula is C33H49BrN2O2S. The molecule has 0 bridgehead atoms. The van der Waals surface area contributed by atoms with Gasteiger partial charge in [-0.25, -0.2) is 0 Å². The second-order valence-electron chi connectivity index (χ2n) is 10.5. The van der Waals surface area contributed by atoms with Crippen LogP contribution in [-0.2, 0) is 17.8 Å². The number of benzene rings is 2. The molecule has 6 heteroatoms. The van der Waals surface area contributed by atoms with Gasteiger partial charge in [0.05, 0.1) is 18.9 Å². The lowest BCUT2D eigenvalue weighted by atomic mass is 10.1. The molecule has 0 unspecified atom stereocenters. The quantitative estimate of drug-likeness (QED) is 0.159. The maximum Gasteiger partial charge on any atom is 0.228 e. The fourth-order valence-corrected chi connectivity index (χ4v) is 5.74. The molecular weight excluding hydrogens is 568 g/mol. The van der Waals surface area contributed by atoms with E-state index < -0.39 is 0 Å². The van der Waals surface area contributed by atoms with Gasteiger partial charge < -0.3 is 15.0 Å². The second kappa shape index (κ2) is 20.0. The Balaban J connectivity index is 0.00000533. The highest BCUT2D eigenvalue weighted by Gasteiger charge is 2.12. The van der Waals surface area contributed by atoms with Crippen molar-refractivity contribution in [2.24, 2.45) is 0 Å². The number of unbranched alkanes of at least 4 members (excludes halogenated alkanes) is 11. The minimum absolute atomic E-state index is 0. The largest absolute Gasteiger partial charge is 0.493 e. The molecule has 0 aliphatic carbocycles. The monoisotopic (exact) mass is 616 g/mol. The van der Waals surface area contributed by atoms with E-state index in [4.69, 9.17) is 4.74 Å². The van der Waals surface area contributed by atoms with Gasteiger partial charge in [0.15, 0.2) is 0 Å². The molecule has 39 heavy (non-hydrogen) atoms. The number of nitrogens with zero attached hydrogens (tertiary/aromatic N) is 1. The number of amides is 1. The number of carbonyl (C=O) groups is 1. The molecule has 1 N–H and O–H groups in total. The van der Waals surface area contributed by atoms with Crippen LogP contribution >= 0.6 is 28.7 Å². The van der Waals surface area contributed by atoms with Gasteiger partial charge in [0.25, 0.3) is 0 Å². The lowest BCUT2D eigenvalue weighted by Crippen LogP contribution is -2.17. The molecule has 2 aromatic rings. The van der Waals surface area contributed by atoms with Crippen molar-refractivity contribution >= 4 is 40.3 Å². The van der Waals surface area contributed by atoms with Crippen LogP contribution in [0.2, 0.25) is 0 Å². The first-order valence-corrected chi connectivity index (χ1v) is 15.8. The molecule has 0 saturated carbocycles. The molecule has 1 aliphatic rings. The molecule has 4 nitrogen and oxygen atoms in total. The zero-order valence-electron chi connectivity index (χ0n) is 24.1. The van der Waals surface area contributed by atoms with E-state index in [-0.39, 0.29) is 22.9 Å². The third-order valence-corrected chi connectivity index (χ3v) is 8.14. The summed E-state index contributed by atoms with van der Waals surface area (Å²) >= 11 is 1.83. The molecule has 1 aliphatic heterocycles. The zero-order chi connectivity index (χ0) is 26.8. The molecule has 0 aromatic heterocycles. The van der Waals surface area contributed by atoms with Crippen LogP contribution in [0.4, 0.5) is 5.69 Å². The van der Waals surface area contributed by atoms with Gasteiger partial charge in [0.1, 0.15) is 5.75 Å². The summed E-state index contributed by atoms with van der Waals surface area (Å²) in [6.07, 6.45) is 16.3. The number of allylic oxidation sites excluding steroid dienone is 1. The average Bonchev–Trinajstić information content (AvgIpc) is 3.32. The average molecular weight is 618 g/mol. The van der Waals surface area contributed by atoms with Crippen LogP contribution in [0.3, 0.4) is 0 Å². The number of hydrogen-bond acceptors (Lipinski definition) is 4. The van der Waals surface area contributed by atoms with E-state index in [0.29, 0.717) is 13.0 Å². The molecule has 0 atom stereocenters. The van der Waals surface area contributed by atoms with Crippen molar-refractivity contribution < 1.29 is 9.53 Å². The van der Waals surface area contributed by atoms with Gasteiger partial charge in [-0.15, -0.1) is 28.7 Å². The van der Waals surface area contributed by atoms with Gasteiger partial charge in [-0.3, -0.25) is 4.79 Å². The fourth-order valence-electron chi connectivity index (χ4n) is 4.80. The molecule has 1 heterocycles. The van der Waals surface area contributed by atoms with Gasteiger partial charge >= 0.3 is 0 Å². The van der Waals surface area contributed by atoms with Crippen LogP contribution in [0, 0.1) is 0 Å². The van der Waals surface area contributed by atoms with Gasteiger partial charge in [-0.05, 0) is 42.5 Å². The summed E-state index contributed by atoms with van der Waals surface area (Å²) in [5, 5.41) is 5.24. The number of rotatable bonds is 19. The van der Waals surface area contributed by atoms with Crippen LogP contribution < -0.4 is 10.1 Å². The van der Waals surface area contributed by atoms with E-state index >= 15 is 0 Å². The standard InChI is InChI=1S/C33H48N2O2S.BrH/c1-3-4-5-6-7-8-9-10-11-12-13-16-23-37-32-18-15-14-17-30(32)24-33(36)34-31-21-19-29(20-22-31)25-35-27-38-26-28(35)2;/h14-15,17-22,26H,3-13,16,23-25,27H2,1-2H3,(H,34,36);1H. The predicted octanol–water partition coefficient (Wildman–Crippen LogP) is 9.89. The van der Waals surface area contributed by atoms with Crippen molar-refractivity contribution in [2.45, 2.75) is 104 Å². The third kappa shape index (κ3) is 13.3. The highest BCUT2D eigenvalue weighted by Crippen LogP contribution is 2.25. The van der Waals surface area contributed by atoms with E-state index in [1.54, 1.807) is 0 Å². The minimum atomic E-state index is -0.0196. The number of para-hydroxylation sites is 1. The molecule has 1 amide bonds. The van der Waals surface area contributed by atoms with Crippen molar-refractivity contribution in [3.05, 3.63) is 70.8 Å². The number of halogens is 1. The summed E-state index contributed by atoms with van der Waals surface area (Å²) in [5.74, 6) is 1.81. The van der Waals surface area contributed by atoms with Crippen LogP contribution in [0.15, 0.2) is 59.6 Å². The fraction of sp³-hybridized carbons (Fsp3) is 0.545. The van der Waals surface area contributed by atoms with E-state index in [2.05, 4.69) is 41.6 Å². The zero-order valence-corrected chi connectivity index (χ0v) is 26.6. The highest BCUT2D eigenvalue weighted by molar-refractivity contribution is 8.93. The van der Waals surface area contributed by atoms with Crippen molar-refractivity contribution in [1.82, 2.24) is 4.90 Å². The number of ether oxygens (including phenoxy) is 1. The Morgan fingerprint density at radius 3 is 2.10 bits per heavy atom. The first-order valence-electron chi connectivity index (χ1n) is 14.8. The van der Waals surface area contributed by atoms with Gasteiger partial charge in [0.2, 0.25) is 5.91 Å². The molecule has 0 saturated heterocycles. The lowest BCUT2D eigenvalue weighted by molar-refractivity contribution is -0.115. The Labute approximate surface area is 252 Å². The van der Waals surface area contributed by atoms with E-state index in [1.165, 1.54) is 81.9 Å². The number of hydrogen-bond donors (Lipinski definition) is 1. The minimum Gasteiger partial charge on any atom is -0.493 e. The third-order valence-electron chi connectivity index (χ3n) is 7.17. The first kappa shape index (κ1) is 33.3. The second-order valence-corrected chi connectivity index (χ2v) is 11.3. The maximum absolute atomic E-state index is 12.7. The topological polar surface area (TPSA) is 41.6 Å². The number of nitrogens with one attached hydrogen (secondary N) is 1. The predicted molar refractivity (Wildman–Crippen MR) is 174 cm³/mol. The van der Waals surface area contributed by atoms with Gasteiger partial charge in [-0.1, -0.05) is 108 Å². The van der Waals surface area contributed by atoms with Crippen molar-refractivity contribution in [1.29, 1.82) is 0 Å². The van der Waals surface area contributed by atoms with Crippen LogP contribution in [0.1, 0.15) is 102 Å². The van der Waals surface area contributed by atoms with Gasteiger partial charge in [0, 0.05) is 23.5 Å². The Kier molecular flexibility index (Phi) is 17.1. The van der Waals surface area contributed by atoms with Crippen molar-refractivity contribution in [2.75, 3.05) is 17.8 Å². The first-order chi connectivity index (χ1) is 18.7. The summed E-state index contributed by atoms with van der Waals surface area (Å²) < 4.78 is 6.08. The molecule has 2 aromatic carbocycles. The lowest BCUT2D eigenvalue weighted by Gasteiger charge is -2.19. The van der Waals surface area contributed by atoms with Crippen molar-refractivity contribution in [3.8, 4) is 5.75 Å². The normalized spacial score (nSPS) is 12.7. The van der Waals surface area contributed by atoms with Gasteiger partial charge in [-0.2, -0.15) is 0 Å². The SMILES string of the molecule is Br.CCCCCCCCCCCCCCOc1ccccc1CC(=O)Nc1ccc(CN2CSC=C2C)cc1. The number of thioether (sulfide) groups is 1. The Bertz CT molecular complexity index is 980.